The lowest BCUT2D eigenvalue weighted by Gasteiger charge is -2.20. The molecule has 1 fully saturated rings. The van der Waals surface area contributed by atoms with Gasteiger partial charge in [-0.25, -0.2) is 4.98 Å². The van der Waals surface area contributed by atoms with E-state index in [0.717, 1.165) is 54.5 Å². The standard InChI is InChI=1S/C26H31N3O3S2/c1-16(18-9-4-3-5-10-18)27-23(30)17(2)33-26-28-24-22(20-12-6-7-13-21(20)34-24)25(31)29(26)15-19-11-8-14-32-19/h3-5,9-10,16-17,19H,6-8,11-15H2,1-2H3,(H,27,30)/t16-,17+,19+/m1/s1. The lowest BCUT2D eigenvalue weighted by Crippen LogP contribution is -2.34. The Labute approximate surface area is 208 Å². The van der Waals surface area contributed by atoms with Gasteiger partial charge in [-0.05, 0) is 63.5 Å². The third kappa shape index (κ3) is 4.81. The van der Waals surface area contributed by atoms with Gasteiger partial charge in [0, 0.05) is 11.5 Å². The fourth-order valence-corrected chi connectivity index (χ4v) is 7.06. The molecule has 1 N–H and O–H groups in total. The number of benzene rings is 1. The summed E-state index contributed by atoms with van der Waals surface area (Å²) in [5.41, 5.74) is 2.28. The van der Waals surface area contributed by atoms with Crippen molar-refractivity contribution in [3.63, 3.8) is 0 Å². The number of fused-ring (bicyclic) bond motifs is 3. The van der Waals surface area contributed by atoms with Gasteiger partial charge in [-0.1, -0.05) is 42.1 Å². The Kier molecular flexibility index (Phi) is 7.09. The molecule has 0 unspecified atom stereocenters. The molecule has 5 rings (SSSR count). The van der Waals surface area contributed by atoms with Crippen molar-refractivity contribution in [2.24, 2.45) is 0 Å². The quantitative estimate of drug-likeness (QED) is 0.372. The Bertz CT molecular complexity index is 1230. The van der Waals surface area contributed by atoms with Crippen LogP contribution in [0.15, 0.2) is 40.3 Å². The molecule has 0 saturated carbocycles. The van der Waals surface area contributed by atoms with Crippen molar-refractivity contribution in [3.8, 4) is 0 Å². The topological polar surface area (TPSA) is 73.2 Å². The van der Waals surface area contributed by atoms with Crippen LogP contribution >= 0.6 is 23.1 Å². The molecule has 34 heavy (non-hydrogen) atoms. The highest BCUT2D eigenvalue weighted by Crippen LogP contribution is 2.35. The number of amides is 1. The van der Waals surface area contributed by atoms with Crippen LogP contribution in [0.3, 0.4) is 0 Å². The maximum absolute atomic E-state index is 13.7. The van der Waals surface area contributed by atoms with Crippen molar-refractivity contribution >= 4 is 39.2 Å². The molecular weight excluding hydrogens is 466 g/mol. The minimum absolute atomic E-state index is 0.0210. The summed E-state index contributed by atoms with van der Waals surface area (Å²) in [6, 6.07) is 9.84. The summed E-state index contributed by atoms with van der Waals surface area (Å²) in [6.07, 6.45) is 6.25. The molecule has 2 aromatic heterocycles. The summed E-state index contributed by atoms with van der Waals surface area (Å²) in [7, 11) is 0. The van der Waals surface area contributed by atoms with E-state index in [2.05, 4.69) is 5.32 Å². The third-order valence-electron chi connectivity index (χ3n) is 6.76. The maximum atomic E-state index is 13.7. The molecule has 1 aliphatic heterocycles. The van der Waals surface area contributed by atoms with Crippen LogP contribution in [0.1, 0.15) is 61.6 Å². The van der Waals surface area contributed by atoms with E-state index in [-0.39, 0.29) is 28.9 Å². The van der Waals surface area contributed by atoms with Crippen molar-refractivity contribution in [1.29, 1.82) is 0 Å². The van der Waals surface area contributed by atoms with Gasteiger partial charge in [-0.2, -0.15) is 0 Å². The molecule has 180 valence electrons. The lowest BCUT2D eigenvalue weighted by atomic mass is 9.97. The predicted octanol–water partition coefficient (Wildman–Crippen LogP) is 4.87. The second kappa shape index (κ2) is 10.2. The highest BCUT2D eigenvalue weighted by molar-refractivity contribution is 8.00. The Morgan fingerprint density at radius 3 is 2.79 bits per heavy atom. The summed E-state index contributed by atoms with van der Waals surface area (Å²) in [6.45, 7) is 5.09. The summed E-state index contributed by atoms with van der Waals surface area (Å²) in [5, 5.41) is 4.12. The Morgan fingerprint density at radius 1 is 1.24 bits per heavy atom. The van der Waals surface area contributed by atoms with Gasteiger partial charge >= 0.3 is 0 Å². The number of ether oxygens (including phenoxy) is 1. The van der Waals surface area contributed by atoms with E-state index in [1.807, 2.05) is 44.2 Å². The number of hydrogen-bond donors (Lipinski definition) is 1. The minimum atomic E-state index is -0.388. The van der Waals surface area contributed by atoms with Gasteiger partial charge in [0.2, 0.25) is 5.91 Å². The van der Waals surface area contributed by atoms with Crippen LogP contribution in [-0.2, 0) is 28.9 Å². The van der Waals surface area contributed by atoms with Crippen LogP contribution in [0.5, 0.6) is 0 Å². The van der Waals surface area contributed by atoms with Crippen LogP contribution in [0.4, 0.5) is 0 Å². The number of nitrogens with one attached hydrogen (secondary N) is 1. The molecular formula is C26H31N3O3S2. The number of thiophene rings is 1. The zero-order valence-electron chi connectivity index (χ0n) is 19.7. The first-order valence-corrected chi connectivity index (χ1v) is 13.9. The average molecular weight is 498 g/mol. The normalized spacial score (nSPS) is 19.6. The van der Waals surface area contributed by atoms with Crippen molar-refractivity contribution in [3.05, 3.63) is 56.7 Å². The van der Waals surface area contributed by atoms with E-state index in [1.165, 1.54) is 28.6 Å². The van der Waals surface area contributed by atoms with Crippen molar-refractivity contribution in [2.45, 2.75) is 81.5 Å². The summed E-state index contributed by atoms with van der Waals surface area (Å²) < 4.78 is 7.63. The Hall–Kier alpha value is -2.16. The van der Waals surface area contributed by atoms with Gasteiger partial charge in [0.05, 0.1) is 29.3 Å². The molecule has 0 spiro atoms. The zero-order valence-corrected chi connectivity index (χ0v) is 21.3. The highest BCUT2D eigenvalue weighted by atomic mass is 32.2. The predicted molar refractivity (Wildman–Crippen MR) is 138 cm³/mol. The molecule has 6 nitrogen and oxygen atoms in total. The Balaban J connectivity index is 1.43. The smallest absolute Gasteiger partial charge is 0.263 e. The number of nitrogens with zero attached hydrogens (tertiary/aromatic N) is 2. The molecule has 3 aromatic rings. The van der Waals surface area contributed by atoms with Crippen LogP contribution in [0.25, 0.3) is 10.2 Å². The summed E-state index contributed by atoms with van der Waals surface area (Å²) >= 11 is 3.02. The lowest BCUT2D eigenvalue weighted by molar-refractivity contribution is -0.120. The first kappa shape index (κ1) is 23.6. The fraction of sp³-hybridized carbons (Fsp3) is 0.500. The van der Waals surface area contributed by atoms with E-state index in [0.29, 0.717) is 11.7 Å². The second-order valence-electron chi connectivity index (χ2n) is 9.24. The molecule has 0 radical (unpaired) electrons. The number of aryl methyl sites for hydroxylation is 2. The third-order valence-corrected chi connectivity index (χ3v) is 9.04. The Morgan fingerprint density at radius 2 is 2.03 bits per heavy atom. The first-order chi connectivity index (χ1) is 16.5. The maximum Gasteiger partial charge on any atom is 0.263 e. The first-order valence-electron chi connectivity index (χ1n) is 12.2. The number of carbonyl (C=O) groups is 1. The highest BCUT2D eigenvalue weighted by Gasteiger charge is 2.27. The number of thioether (sulfide) groups is 1. The molecule has 0 bridgehead atoms. The van der Waals surface area contributed by atoms with Gasteiger partial charge in [0.15, 0.2) is 5.16 Å². The summed E-state index contributed by atoms with van der Waals surface area (Å²) in [5.74, 6) is -0.0650. The molecule has 1 amide bonds. The van der Waals surface area contributed by atoms with Gasteiger partial charge < -0.3 is 10.1 Å². The van der Waals surface area contributed by atoms with Crippen LogP contribution in [0.2, 0.25) is 0 Å². The van der Waals surface area contributed by atoms with Gasteiger partial charge in [-0.3, -0.25) is 14.2 Å². The second-order valence-corrected chi connectivity index (χ2v) is 11.6. The SMILES string of the molecule is C[C@H](Sc1nc2sc3c(c2c(=O)n1C[C@@H]1CCCO1)CCCC3)C(=O)N[C@H](C)c1ccccc1. The van der Waals surface area contributed by atoms with Crippen LogP contribution in [0, 0.1) is 0 Å². The largest absolute Gasteiger partial charge is 0.376 e. The van der Waals surface area contributed by atoms with E-state index in [4.69, 9.17) is 9.72 Å². The molecule has 1 aromatic carbocycles. The fourth-order valence-electron chi connectivity index (χ4n) is 4.83. The number of carbonyl (C=O) groups excluding carboxylic acids is 1. The molecule has 1 aliphatic carbocycles. The van der Waals surface area contributed by atoms with Crippen molar-refractivity contribution in [2.75, 3.05) is 6.61 Å². The van der Waals surface area contributed by atoms with Crippen LogP contribution in [-0.4, -0.2) is 33.4 Å². The zero-order chi connectivity index (χ0) is 23.7. The monoisotopic (exact) mass is 497 g/mol. The van der Waals surface area contributed by atoms with Gasteiger partial charge in [0.25, 0.3) is 5.56 Å². The van der Waals surface area contributed by atoms with E-state index in [1.54, 1.807) is 15.9 Å². The average Bonchev–Trinajstić information content (AvgIpc) is 3.49. The number of aromatic nitrogens is 2. The van der Waals surface area contributed by atoms with Gasteiger partial charge in [-0.15, -0.1) is 11.3 Å². The number of rotatable bonds is 7. The number of hydrogen-bond acceptors (Lipinski definition) is 6. The molecule has 3 heterocycles. The van der Waals surface area contributed by atoms with Crippen molar-refractivity contribution < 1.29 is 9.53 Å². The van der Waals surface area contributed by atoms with Gasteiger partial charge in [0.1, 0.15) is 4.83 Å². The summed E-state index contributed by atoms with van der Waals surface area (Å²) in [4.78, 5) is 33.8. The molecule has 8 heteroatoms. The van der Waals surface area contributed by atoms with Crippen LogP contribution < -0.4 is 10.9 Å². The van der Waals surface area contributed by atoms with E-state index < -0.39 is 0 Å². The minimum Gasteiger partial charge on any atom is -0.376 e. The van der Waals surface area contributed by atoms with E-state index >= 15 is 0 Å². The molecule has 1 saturated heterocycles. The van der Waals surface area contributed by atoms with Crippen molar-refractivity contribution in [1.82, 2.24) is 14.9 Å². The molecule has 2 aliphatic rings. The van der Waals surface area contributed by atoms with E-state index in [9.17, 15) is 9.59 Å². The molecule has 3 atom stereocenters.